The van der Waals surface area contributed by atoms with E-state index in [2.05, 4.69) is 30.2 Å². The largest absolute Gasteiger partial charge is 0.573 e. The van der Waals surface area contributed by atoms with Crippen LogP contribution in [-0.2, 0) is 23.7 Å². The molecular formula is C42H52BF3N6O10. The van der Waals surface area contributed by atoms with Gasteiger partial charge in [0.15, 0.2) is 0 Å². The molecule has 0 radical (unpaired) electrons. The van der Waals surface area contributed by atoms with Crippen molar-refractivity contribution in [1.29, 1.82) is 0 Å². The number of amides is 2. The molecule has 0 aliphatic carbocycles. The minimum Gasteiger partial charge on any atom is -0.423 e. The predicted octanol–water partition coefficient (Wildman–Crippen LogP) is 3.04. The van der Waals surface area contributed by atoms with E-state index in [1.165, 1.54) is 36.7 Å². The van der Waals surface area contributed by atoms with Gasteiger partial charge in [-0.05, 0) is 60.9 Å². The quantitative estimate of drug-likeness (QED) is 0.0563. The first-order valence-corrected chi connectivity index (χ1v) is 20.2. The molecule has 3 aromatic carbocycles. The molecule has 62 heavy (non-hydrogen) atoms. The van der Waals surface area contributed by atoms with E-state index in [0.29, 0.717) is 125 Å². The number of carbonyl (C=O) groups is 2. The normalized spacial score (nSPS) is 13.2. The van der Waals surface area contributed by atoms with E-state index in [0.717, 1.165) is 19.6 Å². The van der Waals surface area contributed by atoms with Crippen molar-refractivity contribution >= 4 is 35.9 Å². The Kier molecular flexibility index (Phi) is 19.3. The van der Waals surface area contributed by atoms with Gasteiger partial charge in [0.05, 0.1) is 71.8 Å². The molecule has 4 N–H and O–H groups in total. The van der Waals surface area contributed by atoms with E-state index in [1.807, 2.05) is 11.0 Å². The number of hydrogen-bond donors (Lipinski definition) is 4. The number of anilines is 2. The summed E-state index contributed by atoms with van der Waals surface area (Å²) in [5.74, 6) is -0.303. The van der Waals surface area contributed by atoms with Gasteiger partial charge in [-0.3, -0.25) is 14.5 Å². The topological polar surface area (TPSA) is 186 Å². The van der Waals surface area contributed by atoms with Crippen LogP contribution in [-0.4, -0.2) is 160 Å². The molecule has 0 saturated carbocycles. The SMILES string of the molecule is Cc1ccc(C(=O)NCCOCCOCCOCCOCCOCCN2CCN(C(=O)c3cccc(-c4cc(Nc5ccc(OC(F)(F)F)cc5)ncn4)c3)CC2)cc1B(O)O. The van der Waals surface area contributed by atoms with Gasteiger partial charge in [0, 0.05) is 67.7 Å². The lowest BCUT2D eigenvalue weighted by atomic mass is 9.76. The van der Waals surface area contributed by atoms with Crippen LogP contribution in [0.5, 0.6) is 5.75 Å². The third kappa shape index (κ3) is 16.6. The second kappa shape index (κ2) is 25.1. The fourth-order valence-electron chi connectivity index (χ4n) is 6.21. The predicted molar refractivity (Wildman–Crippen MR) is 224 cm³/mol. The van der Waals surface area contributed by atoms with Crippen LogP contribution in [0.1, 0.15) is 26.3 Å². The lowest BCUT2D eigenvalue weighted by Crippen LogP contribution is -2.49. The van der Waals surface area contributed by atoms with E-state index in [4.69, 9.17) is 23.7 Å². The second-order valence-corrected chi connectivity index (χ2v) is 14.0. The summed E-state index contributed by atoms with van der Waals surface area (Å²) < 4.78 is 69.2. The molecule has 1 aliphatic rings. The molecular weight excluding hydrogens is 816 g/mol. The highest BCUT2D eigenvalue weighted by Crippen LogP contribution is 2.26. The van der Waals surface area contributed by atoms with E-state index in [9.17, 15) is 32.8 Å². The summed E-state index contributed by atoms with van der Waals surface area (Å²) in [5, 5.41) is 24.6. The molecule has 2 heterocycles. The Balaban J connectivity index is 0.845. The van der Waals surface area contributed by atoms with Gasteiger partial charge in [-0.25, -0.2) is 9.97 Å². The van der Waals surface area contributed by atoms with Crippen LogP contribution in [0.3, 0.4) is 0 Å². The highest BCUT2D eigenvalue weighted by atomic mass is 19.4. The Hall–Kier alpha value is -5.19. The Morgan fingerprint density at radius 2 is 1.37 bits per heavy atom. The standard InChI is InChI=1S/C42H52BF3N6O10/c1-31-5-6-33(28-37(31)43(55)56)40(53)47-11-17-57-19-21-59-23-25-61-26-24-60-22-20-58-18-16-51-12-14-52(15-13-51)41(54)34-4-2-3-32(27-34)38-29-39(49-30-48-38)50-35-7-9-36(10-8-35)62-42(44,45)46/h2-10,27-30,55-56H,11-26H2,1H3,(H,47,53)(H,48,49,50). The molecule has 1 saturated heterocycles. The van der Waals surface area contributed by atoms with Crippen molar-refractivity contribution in [3.05, 3.63) is 95.8 Å². The maximum absolute atomic E-state index is 13.4. The maximum atomic E-state index is 13.4. The summed E-state index contributed by atoms with van der Waals surface area (Å²) in [4.78, 5) is 38.3. The smallest absolute Gasteiger partial charge is 0.423 e. The van der Waals surface area contributed by atoms with Gasteiger partial charge in [0.25, 0.3) is 11.8 Å². The number of benzene rings is 3. The number of aromatic nitrogens is 2. The minimum atomic E-state index is -4.77. The number of ether oxygens (including phenoxy) is 6. The van der Waals surface area contributed by atoms with Crippen LogP contribution in [0, 0.1) is 6.92 Å². The highest BCUT2D eigenvalue weighted by molar-refractivity contribution is 6.59. The van der Waals surface area contributed by atoms with Gasteiger partial charge in [-0.2, -0.15) is 0 Å². The monoisotopic (exact) mass is 868 g/mol. The van der Waals surface area contributed by atoms with Crippen molar-refractivity contribution in [2.24, 2.45) is 0 Å². The molecule has 1 fully saturated rings. The van der Waals surface area contributed by atoms with Gasteiger partial charge >= 0.3 is 13.5 Å². The summed E-state index contributed by atoms with van der Waals surface area (Å²) in [6.45, 7) is 9.59. The lowest BCUT2D eigenvalue weighted by Gasteiger charge is -2.34. The number of piperazine rings is 1. The molecule has 0 spiro atoms. The van der Waals surface area contributed by atoms with Crippen molar-refractivity contribution in [3.63, 3.8) is 0 Å². The van der Waals surface area contributed by atoms with Crippen molar-refractivity contribution in [3.8, 4) is 17.0 Å². The number of alkyl halides is 3. The molecule has 1 aliphatic heterocycles. The molecule has 5 rings (SSSR count). The average molecular weight is 869 g/mol. The van der Waals surface area contributed by atoms with Crippen LogP contribution in [0.4, 0.5) is 24.7 Å². The summed E-state index contributed by atoms with van der Waals surface area (Å²) in [6, 6.07) is 18.9. The molecule has 16 nitrogen and oxygen atoms in total. The van der Waals surface area contributed by atoms with Gasteiger partial charge in [0.2, 0.25) is 0 Å². The van der Waals surface area contributed by atoms with E-state index >= 15 is 0 Å². The minimum absolute atomic E-state index is 0.0749. The molecule has 2 amide bonds. The Bertz CT molecular complexity index is 1990. The molecule has 0 unspecified atom stereocenters. The third-order valence-corrected chi connectivity index (χ3v) is 9.48. The van der Waals surface area contributed by atoms with Crippen LogP contribution < -0.4 is 20.8 Å². The average Bonchev–Trinajstić information content (AvgIpc) is 3.26. The zero-order valence-electron chi connectivity index (χ0n) is 34.5. The Labute approximate surface area is 358 Å². The summed E-state index contributed by atoms with van der Waals surface area (Å²) in [6.07, 6.45) is -3.40. The van der Waals surface area contributed by atoms with E-state index in [-0.39, 0.29) is 23.0 Å². The number of rotatable bonds is 25. The van der Waals surface area contributed by atoms with Gasteiger partial charge < -0.3 is 54.0 Å². The Morgan fingerprint density at radius 1 is 0.742 bits per heavy atom. The number of carbonyl (C=O) groups excluding carboxylic acids is 2. The van der Waals surface area contributed by atoms with E-state index < -0.39 is 13.5 Å². The van der Waals surface area contributed by atoms with Crippen LogP contribution in [0.15, 0.2) is 79.1 Å². The van der Waals surface area contributed by atoms with Crippen molar-refractivity contribution in [2.45, 2.75) is 13.3 Å². The van der Waals surface area contributed by atoms with Gasteiger partial charge in [-0.1, -0.05) is 23.8 Å². The first-order chi connectivity index (χ1) is 29.9. The molecule has 4 aromatic rings. The highest BCUT2D eigenvalue weighted by Gasteiger charge is 2.31. The fourth-order valence-corrected chi connectivity index (χ4v) is 6.21. The summed E-state index contributed by atoms with van der Waals surface area (Å²) in [5.41, 5.74) is 3.64. The molecule has 334 valence electrons. The van der Waals surface area contributed by atoms with Crippen molar-refractivity contribution < 1.29 is 61.2 Å². The number of halogens is 3. The Morgan fingerprint density at radius 3 is 2.00 bits per heavy atom. The van der Waals surface area contributed by atoms with Crippen LogP contribution in [0.2, 0.25) is 0 Å². The number of aryl methyl sites for hydroxylation is 1. The molecule has 0 atom stereocenters. The molecule has 20 heteroatoms. The number of nitrogens with zero attached hydrogens (tertiary/aromatic N) is 4. The molecule has 1 aromatic heterocycles. The first kappa shape index (κ1) is 47.9. The van der Waals surface area contributed by atoms with Crippen LogP contribution >= 0.6 is 0 Å². The van der Waals surface area contributed by atoms with Crippen molar-refractivity contribution in [2.75, 3.05) is 111 Å². The summed E-state index contributed by atoms with van der Waals surface area (Å²) >= 11 is 0. The number of nitrogens with one attached hydrogen (secondary N) is 2. The first-order valence-electron chi connectivity index (χ1n) is 20.2. The molecule has 0 bridgehead atoms. The maximum Gasteiger partial charge on any atom is 0.573 e. The lowest BCUT2D eigenvalue weighted by molar-refractivity contribution is -0.274. The zero-order valence-corrected chi connectivity index (χ0v) is 34.5. The summed E-state index contributed by atoms with van der Waals surface area (Å²) in [7, 11) is -1.64. The van der Waals surface area contributed by atoms with Crippen molar-refractivity contribution in [1.82, 2.24) is 25.1 Å². The third-order valence-electron chi connectivity index (χ3n) is 9.48. The number of hydrogen-bond acceptors (Lipinski definition) is 14. The van der Waals surface area contributed by atoms with E-state index in [1.54, 1.807) is 43.3 Å². The van der Waals surface area contributed by atoms with Gasteiger partial charge in [0.1, 0.15) is 17.9 Å². The fraction of sp³-hybridized carbons (Fsp3) is 0.429. The van der Waals surface area contributed by atoms with Crippen LogP contribution in [0.25, 0.3) is 11.3 Å². The zero-order chi connectivity index (χ0) is 44.2. The van der Waals surface area contributed by atoms with Gasteiger partial charge in [-0.15, -0.1) is 13.2 Å². The second-order valence-electron chi connectivity index (χ2n) is 14.0.